The van der Waals surface area contributed by atoms with Gasteiger partial charge < -0.3 is 5.11 Å². The first-order chi connectivity index (χ1) is 7.31. The number of nitrogens with zero attached hydrogens (tertiary/aromatic N) is 1. The van der Waals surface area contributed by atoms with Crippen LogP contribution in [0.3, 0.4) is 0 Å². The number of aliphatic hydroxyl groups is 1. The van der Waals surface area contributed by atoms with Gasteiger partial charge in [-0.05, 0) is 55.1 Å². The second kappa shape index (κ2) is 5.10. The van der Waals surface area contributed by atoms with Gasteiger partial charge in [0.2, 0.25) is 0 Å². The fourth-order valence-electron chi connectivity index (χ4n) is 2.50. The van der Waals surface area contributed by atoms with Gasteiger partial charge in [0.25, 0.3) is 0 Å². The highest BCUT2D eigenvalue weighted by Crippen LogP contribution is 2.22. The smallest absolute Gasteiger partial charge is 0.0586 e. The lowest BCUT2D eigenvalue weighted by molar-refractivity contribution is 0.125. The number of hydrogen-bond acceptors (Lipinski definition) is 3. The predicted octanol–water partition coefficient (Wildman–Crippen LogP) is 2.14. The Bertz CT molecular complexity index is 286. The molecule has 1 saturated heterocycles. The first-order valence-electron chi connectivity index (χ1n) is 5.69. The molecule has 1 aliphatic heterocycles. The third kappa shape index (κ3) is 2.60. The van der Waals surface area contributed by atoms with Gasteiger partial charge >= 0.3 is 0 Å². The van der Waals surface area contributed by atoms with Crippen molar-refractivity contribution in [2.75, 3.05) is 13.2 Å². The summed E-state index contributed by atoms with van der Waals surface area (Å²) in [5.74, 6) is 0. The van der Waals surface area contributed by atoms with Crippen molar-refractivity contribution in [1.29, 1.82) is 0 Å². The summed E-state index contributed by atoms with van der Waals surface area (Å²) >= 11 is 1.76. The first-order valence-corrected chi connectivity index (χ1v) is 6.63. The quantitative estimate of drug-likeness (QED) is 0.848. The molecule has 84 valence electrons. The van der Waals surface area contributed by atoms with Crippen LogP contribution in [0.2, 0.25) is 0 Å². The molecule has 1 aromatic rings. The van der Waals surface area contributed by atoms with Crippen molar-refractivity contribution in [3.05, 3.63) is 22.4 Å². The van der Waals surface area contributed by atoms with Crippen LogP contribution < -0.4 is 0 Å². The van der Waals surface area contributed by atoms with Gasteiger partial charge in [-0.25, -0.2) is 0 Å². The van der Waals surface area contributed by atoms with Crippen LogP contribution in [0.5, 0.6) is 0 Å². The minimum atomic E-state index is 0.313. The lowest BCUT2D eigenvalue weighted by atomic mass is 10.1. The van der Waals surface area contributed by atoms with Gasteiger partial charge in [0.05, 0.1) is 6.61 Å². The SMILES string of the molecule is CC(Cc1ccsc1)N1CCC[C@@H]1CO. The molecule has 1 unspecified atom stereocenters. The second-order valence-corrected chi connectivity index (χ2v) is 5.18. The summed E-state index contributed by atoms with van der Waals surface area (Å²) in [7, 11) is 0. The molecule has 1 N–H and O–H groups in total. The number of likely N-dealkylation sites (tertiary alicyclic amines) is 1. The predicted molar refractivity (Wildman–Crippen MR) is 64.3 cm³/mol. The maximum atomic E-state index is 9.27. The molecule has 1 fully saturated rings. The van der Waals surface area contributed by atoms with E-state index < -0.39 is 0 Å². The molecule has 1 aromatic heterocycles. The van der Waals surface area contributed by atoms with E-state index in [9.17, 15) is 5.11 Å². The third-order valence-corrected chi connectivity index (χ3v) is 4.04. The van der Waals surface area contributed by atoms with Crippen molar-refractivity contribution >= 4 is 11.3 Å². The van der Waals surface area contributed by atoms with E-state index in [2.05, 4.69) is 28.7 Å². The van der Waals surface area contributed by atoms with Gasteiger partial charge in [-0.1, -0.05) is 0 Å². The number of aliphatic hydroxyl groups excluding tert-OH is 1. The Morgan fingerprint density at radius 1 is 1.67 bits per heavy atom. The molecule has 2 nitrogen and oxygen atoms in total. The molecule has 0 aromatic carbocycles. The monoisotopic (exact) mass is 225 g/mol. The highest BCUT2D eigenvalue weighted by atomic mass is 32.1. The molecule has 0 saturated carbocycles. The molecule has 0 bridgehead atoms. The Morgan fingerprint density at radius 2 is 2.53 bits per heavy atom. The Labute approximate surface area is 95.5 Å². The fraction of sp³-hybridized carbons (Fsp3) is 0.667. The minimum Gasteiger partial charge on any atom is -0.395 e. The molecule has 0 spiro atoms. The number of hydrogen-bond donors (Lipinski definition) is 1. The average molecular weight is 225 g/mol. The maximum absolute atomic E-state index is 9.27. The summed E-state index contributed by atoms with van der Waals surface area (Å²) in [6.07, 6.45) is 3.50. The summed E-state index contributed by atoms with van der Waals surface area (Å²) in [6.45, 7) is 3.73. The molecule has 0 radical (unpaired) electrons. The summed E-state index contributed by atoms with van der Waals surface area (Å²) in [5, 5.41) is 13.6. The third-order valence-electron chi connectivity index (χ3n) is 3.31. The normalized spacial score (nSPS) is 24.5. The Kier molecular flexibility index (Phi) is 3.78. The van der Waals surface area contributed by atoms with Gasteiger partial charge in [-0.3, -0.25) is 4.90 Å². The van der Waals surface area contributed by atoms with Crippen LogP contribution in [0.1, 0.15) is 25.3 Å². The lowest BCUT2D eigenvalue weighted by Crippen LogP contribution is -2.40. The van der Waals surface area contributed by atoms with Gasteiger partial charge in [0.15, 0.2) is 0 Å². The van der Waals surface area contributed by atoms with E-state index >= 15 is 0 Å². The van der Waals surface area contributed by atoms with Gasteiger partial charge in [0, 0.05) is 12.1 Å². The molecular formula is C12H19NOS. The van der Waals surface area contributed by atoms with Crippen molar-refractivity contribution in [2.24, 2.45) is 0 Å². The van der Waals surface area contributed by atoms with Gasteiger partial charge in [-0.15, -0.1) is 0 Å². The molecule has 2 heterocycles. The fourth-order valence-corrected chi connectivity index (χ4v) is 3.18. The topological polar surface area (TPSA) is 23.5 Å². The minimum absolute atomic E-state index is 0.313. The van der Waals surface area contributed by atoms with Crippen LogP contribution in [-0.2, 0) is 6.42 Å². The highest BCUT2D eigenvalue weighted by molar-refractivity contribution is 7.07. The zero-order valence-electron chi connectivity index (χ0n) is 9.22. The Balaban J connectivity index is 1.92. The van der Waals surface area contributed by atoms with E-state index in [0.29, 0.717) is 18.7 Å². The first kappa shape index (κ1) is 11.1. The zero-order chi connectivity index (χ0) is 10.7. The molecule has 2 atom stereocenters. The van der Waals surface area contributed by atoms with Crippen LogP contribution in [-0.4, -0.2) is 35.2 Å². The van der Waals surface area contributed by atoms with E-state index in [1.807, 2.05) is 0 Å². The standard InChI is InChI=1S/C12H19NOS/c1-10(7-11-4-6-15-9-11)13-5-2-3-12(13)8-14/h4,6,9-10,12,14H,2-3,5,7-8H2,1H3/t10?,12-/m1/s1. The second-order valence-electron chi connectivity index (χ2n) is 4.40. The Morgan fingerprint density at radius 3 is 3.20 bits per heavy atom. The molecule has 0 aliphatic carbocycles. The molecule has 3 heteroatoms. The van der Waals surface area contributed by atoms with Crippen LogP contribution in [0.15, 0.2) is 16.8 Å². The Hall–Kier alpha value is -0.380. The van der Waals surface area contributed by atoms with Crippen LogP contribution in [0.25, 0.3) is 0 Å². The van der Waals surface area contributed by atoms with Crippen molar-refractivity contribution < 1.29 is 5.11 Å². The zero-order valence-corrected chi connectivity index (χ0v) is 10.0. The maximum Gasteiger partial charge on any atom is 0.0586 e. The highest BCUT2D eigenvalue weighted by Gasteiger charge is 2.27. The van der Waals surface area contributed by atoms with Crippen molar-refractivity contribution in [3.8, 4) is 0 Å². The van der Waals surface area contributed by atoms with Crippen molar-refractivity contribution in [1.82, 2.24) is 4.90 Å². The molecule has 15 heavy (non-hydrogen) atoms. The molecule has 1 aliphatic rings. The van der Waals surface area contributed by atoms with E-state index in [0.717, 1.165) is 19.4 Å². The van der Waals surface area contributed by atoms with Gasteiger partial charge in [0.1, 0.15) is 0 Å². The van der Waals surface area contributed by atoms with E-state index in [-0.39, 0.29) is 0 Å². The van der Waals surface area contributed by atoms with Crippen molar-refractivity contribution in [3.63, 3.8) is 0 Å². The molecular weight excluding hydrogens is 206 g/mol. The summed E-state index contributed by atoms with van der Waals surface area (Å²) in [4.78, 5) is 2.46. The van der Waals surface area contributed by atoms with E-state index in [1.165, 1.54) is 12.0 Å². The number of thiophene rings is 1. The largest absolute Gasteiger partial charge is 0.395 e. The van der Waals surface area contributed by atoms with Crippen LogP contribution in [0.4, 0.5) is 0 Å². The summed E-state index contributed by atoms with van der Waals surface area (Å²) in [5.41, 5.74) is 1.43. The molecule has 2 rings (SSSR count). The van der Waals surface area contributed by atoms with Gasteiger partial charge in [-0.2, -0.15) is 11.3 Å². The van der Waals surface area contributed by atoms with Crippen LogP contribution in [0, 0.1) is 0 Å². The molecule has 0 amide bonds. The number of rotatable bonds is 4. The summed E-state index contributed by atoms with van der Waals surface area (Å²) < 4.78 is 0. The lowest BCUT2D eigenvalue weighted by Gasteiger charge is -2.29. The van der Waals surface area contributed by atoms with Crippen LogP contribution >= 0.6 is 11.3 Å². The average Bonchev–Trinajstić information content (AvgIpc) is 2.86. The van der Waals surface area contributed by atoms with E-state index in [4.69, 9.17) is 0 Å². The summed E-state index contributed by atoms with van der Waals surface area (Å²) in [6, 6.07) is 3.16. The van der Waals surface area contributed by atoms with Crippen molar-refractivity contribution in [2.45, 2.75) is 38.3 Å². The van der Waals surface area contributed by atoms with E-state index in [1.54, 1.807) is 11.3 Å².